The molecule has 4 aromatic rings. The molecule has 0 bridgehead atoms. The molecule has 0 fully saturated rings. The minimum absolute atomic E-state index is 0.321. The summed E-state index contributed by atoms with van der Waals surface area (Å²) in [6.07, 6.45) is 0.366. The van der Waals surface area contributed by atoms with Crippen LogP contribution in [0.25, 0.3) is 26.4 Å². The van der Waals surface area contributed by atoms with Crippen molar-refractivity contribution < 1.29 is 9.53 Å². The smallest absolute Gasteiger partial charge is 0.323 e. The lowest BCUT2D eigenvalue weighted by atomic mass is 10.1. The van der Waals surface area contributed by atoms with Crippen LogP contribution in [0.3, 0.4) is 0 Å². The topological polar surface area (TPSA) is 69.6 Å². The van der Waals surface area contributed by atoms with Gasteiger partial charge in [-0.05, 0) is 19.1 Å². The summed E-state index contributed by atoms with van der Waals surface area (Å²) in [5.74, 6) is -0.388. The van der Waals surface area contributed by atoms with E-state index in [1.807, 2.05) is 42.5 Å². The van der Waals surface area contributed by atoms with Gasteiger partial charge in [0.05, 0.1) is 28.2 Å². The highest BCUT2D eigenvalue weighted by atomic mass is 32.1. The van der Waals surface area contributed by atoms with Gasteiger partial charge in [-0.3, -0.25) is 9.20 Å². The van der Waals surface area contributed by atoms with Crippen molar-refractivity contribution in [2.45, 2.75) is 19.4 Å². The highest BCUT2D eigenvalue weighted by Crippen LogP contribution is 2.33. The molecule has 0 amide bonds. The zero-order chi connectivity index (χ0) is 18.1. The Morgan fingerprint density at radius 1 is 1.19 bits per heavy atom. The van der Waals surface area contributed by atoms with Gasteiger partial charge in [0, 0.05) is 12.0 Å². The Morgan fingerprint density at radius 3 is 2.69 bits per heavy atom. The summed E-state index contributed by atoms with van der Waals surface area (Å²) < 4.78 is 8.35. The first-order chi connectivity index (χ1) is 12.7. The molecule has 1 unspecified atom stereocenters. The Labute approximate surface area is 155 Å². The number of rotatable bonds is 5. The maximum atomic E-state index is 12.1. The average molecular weight is 365 g/mol. The molecule has 26 heavy (non-hydrogen) atoms. The fraction of sp³-hybridized carbons (Fsp3) is 0.200. The van der Waals surface area contributed by atoms with Crippen molar-refractivity contribution in [3.63, 3.8) is 0 Å². The number of aromatic nitrogens is 2. The van der Waals surface area contributed by atoms with Crippen LogP contribution in [0.4, 0.5) is 0 Å². The summed E-state index contributed by atoms with van der Waals surface area (Å²) in [6.45, 7) is 2.10. The third-order valence-electron chi connectivity index (χ3n) is 4.30. The Morgan fingerprint density at radius 2 is 1.92 bits per heavy atom. The zero-order valence-electron chi connectivity index (χ0n) is 14.4. The summed E-state index contributed by atoms with van der Waals surface area (Å²) in [5, 5.41) is 0. The van der Waals surface area contributed by atoms with E-state index in [2.05, 4.69) is 16.5 Å². The molecule has 0 aliphatic heterocycles. The number of hydrogen-bond acceptors (Lipinski definition) is 5. The molecule has 1 atom stereocenters. The van der Waals surface area contributed by atoms with E-state index in [1.165, 1.54) is 0 Å². The van der Waals surface area contributed by atoms with Crippen molar-refractivity contribution in [2.75, 3.05) is 6.61 Å². The van der Waals surface area contributed by atoms with E-state index < -0.39 is 6.04 Å². The Bertz CT molecular complexity index is 1070. The minimum Gasteiger partial charge on any atom is -0.465 e. The largest absolute Gasteiger partial charge is 0.465 e. The molecule has 4 rings (SSSR count). The summed E-state index contributed by atoms with van der Waals surface area (Å²) in [7, 11) is 0. The van der Waals surface area contributed by atoms with Crippen LogP contribution < -0.4 is 5.73 Å². The van der Waals surface area contributed by atoms with Gasteiger partial charge >= 0.3 is 5.97 Å². The zero-order valence-corrected chi connectivity index (χ0v) is 15.2. The van der Waals surface area contributed by atoms with Crippen LogP contribution in [-0.2, 0) is 16.0 Å². The van der Waals surface area contributed by atoms with Crippen LogP contribution in [0.15, 0.2) is 54.6 Å². The predicted molar refractivity (Wildman–Crippen MR) is 104 cm³/mol. The van der Waals surface area contributed by atoms with E-state index in [0.29, 0.717) is 13.0 Å². The van der Waals surface area contributed by atoms with Gasteiger partial charge in [-0.2, -0.15) is 0 Å². The van der Waals surface area contributed by atoms with E-state index >= 15 is 0 Å². The lowest BCUT2D eigenvalue weighted by Gasteiger charge is -2.12. The van der Waals surface area contributed by atoms with Gasteiger partial charge in [-0.1, -0.05) is 53.8 Å². The molecule has 0 aliphatic carbocycles. The monoisotopic (exact) mass is 365 g/mol. The van der Waals surface area contributed by atoms with Gasteiger partial charge in [0.25, 0.3) is 0 Å². The molecule has 0 spiro atoms. The lowest BCUT2D eigenvalue weighted by Crippen LogP contribution is -2.34. The van der Waals surface area contributed by atoms with Gasteiger partial charge in [0.1, 0.15) is 6.04 Å². The third-order valence-corrected chi connectivity index (χ3v) is 5.32. The first kappa shape index (κ1) is 16.8. The fourth-order valence-electron chi connectivity index (χ4n) is 3.13. The number of fused-ring (bicyclic) bond motifs is 3. The highest BCUT2D eigenvalue weighted by Gasteiger charge is 2.23. The predicted octanol–water partition coefficient (Wildman–Crippen LogP) is 3.65. The second-order valence-corrected chi connectivity index (χ2v) is 7.03. The summed E-state index contributed by atoms with van der Waals surface area (Å²) in [6, 6.07) is 17.4. The molecule has 2 N–H and O–H groups in total. The number of hydrogen-bond donors (Lipinski definition) is 1. The molecule has 2 aromatic heterocycles. The Kier molecular flexibility index (Phi) is 4.44. The number of ether oxygens (including phenoxy) is 1. The van der Waals surface area contributed by atoms with Gasteiger partial charge in [-0.25, -0.2) is 4.98 Å². The van der Waals surface area contributed by atoms with Gasteiger partial charge < -0.3 is 10.5 Å². The Hall–Kier alpha value is -2.70. The molecule has 132 valence electrons. The van der Waals surface area contributed by atoms with Crippen molar-refractivity contribution in [2.24, 2.45) is 5.73 Å². The maximum Gasteiger partial charge on any atom is 0.323 e. The molecular formula is C20H19N3O2S. The first-order valence-corrected chi connectivity index (χ1v) is 9.37. The van der Waals surface area contributed by atoms with Gasteiger partial charge in [0.15, 0.2) is 4.96 Å². The van der Waals surface area contributed by atoms with Crippen molar-refractivity contribution >= 4 is 32.5 Å². The number of para-hydroxylation sites is 1. The van der Waals surface area contributed by atoms with E-state index in [4.69, 9.17) is 15.5 Å². The van der Waals surface area contributed by atoms with Gasteiger partial charge in [-0.15, -0.1) is 0 Å². The first-order valence-electron chi connectivity index (χ1n) is 8.55. The average Bonchev–Trinajstić information content (AvgIpc) is 3.19. The van der Waals surface area contributed by atoms with Crippen LogP contribution in [-0.4, -0.2) is 28.0 Å². The standard InChI is InChI=1S/C20H19N3O2S/c1-2-25-19(24)14(21)12-16-18(13-8-4-3-5-9-13)22-20-23(16)15-10-6-7-11-17(15)26-20/h3-11,14H,2,12,21H2,1H3. The second kappa shape index (κ2) is 6.90. The SMILES string of the molecule is CCOC(=O)C(N)Cc1c(-c2ccccc2)nc2sc3ccccc3n12. The van der Waals surface area contributed by atoms with Crippen LogP contribution in [0.5, 0.6) is 0 Å². The molecule has 2 aromatic carbocycles. The molecule has 0 radical (unpaired) electrons. The number of nitrogens with zero attached hydrogens (tertiary/aromatic N) is 2. The van der Waals surface area contributed by atoms with Crippen molar-refractivity contribution in [3.8, 4) is 11.3 Å². The van der Waals surface area contributed by atoms with E-state index in [0.717, 1.165) is 32.1 Å². The van der Waals surface area contributed by atoms with Crippen LogP contribution in [0, 0.1) is 0 Å². The molecule has 5 nitrogen and oxygen atoms in total. The maximum absolute atomic E-state index is 12.1. The van der Waals surface area contributed by atoms with E-state index in [1.54, 1.807) is 18.3 Å². The lowest BCUT2D eigenvalue weighted by molar-refractivity contribution is -0.144. The van der Waals surface area contributed by atoms with E-state index in [-0.39, 0.29) is 5.97 Å². The number of benzene rings is 2. The number of imidazole rings is 1. The summed E-state index contributed by atoms with van der Waals surface area (Å²) in [5.41, 5.74) is 10.0. The van der Waals surface area contributed by atoms with Gasteiger partial charge in [0.2, 0.25) is 0 Å². The molecule has 0 saturated carbocycles. The number of thiazole rings is 1. The minimum atomic E-state index is -0.726. The highest BCUT2D eigenvalue weighted by molar-refractivity contribution is 7.23. The molecule has 6 heteroatoms. The van der Waals surface area contributed by atoms with Crippen LogP contribution in [0.1, 0.15) is 12.6 Å². The summed E-state index contributed by atoms with van der Waals surface area (Å²) in [4.78, 5) is 17.8. The molecule has 0 saturated heterocycles. The molecule has 2 heterocycles. The van der Waals surface area contributed by atoms with Crippen molar-refractivity contribution in [1.29, 1.82) is 0 Å². The normalized spacial score (nSPS) is 12.5. The summed E-state index contributed by atoms with van der Waals surface area (Å²) >= 11 is 1.63. The quantitative estimate of drug-likeness (QED) is 0.548. The van der Waals surface area contributed by atoms with Crippen molar-refractivity contribution in [3.05, 3.63) is 60.3 Å². The van der Waals surface area contributed by atoms with E-state index in [9.17, 15) is 4.79 Å². The fourth-order valence-corrected chi connectivity index (χ4v) is 4.18. The Balaban J connectivity index is 1.89. The number of nitrogens with two attached hydrogens (primary N) is 1. The number of esters is 1. The third kappa shape index (κ3) is 2.87. The number of carbonyl (C=O) groups excluding carboxylic acids is 1. The number of carbonyl (C=O) groups is 1. The second-order valence-electron chi connectivity index (χ2n) is 6.02. The molecule has 0 aliphatic rings. The van der Waals surface area contributed by atoms with Crippen molar-refractivity contribution in [1.82, 2.24) is 9.38 Å². The van der Waals surface area contributed by atoms with Crippen LogP contribution in [0.2, 0.25) is 0 Å². The van der Waals surface area contributed by atoms with Crippen LogP contribution >= 0.6 is 11.3 Å². The molecular weight excluding hydrogens is 346 g/mol.